The number of fused-ring (bicyclic) bond motifs is 1. The Labute approximate surface area is 130 Å². The van der Waals surface area contributed by atoms with Gasteiger partial charge in [0.15, 0.2) is 6.61 Å². The van der Waals surface area contributed by atoms with Crippen molar-refractivity contribution in [2.45, 2.75) is 32.1 Å². The van der Waals surface area contributed by atoms with Crippen molar-refractivity contribution < 1.29 is 14.3 Å². The van der Waals surface area contributed by atoms with Crippen LogP contribution in [0.5, 0.6) is 5.75 Å². The number of benzene rings is 1. The van der Waals surface area contributed by atoms with Gasteiger partial charge >= 0.3 is 0 Å². The van der Waals surface area contributed by atoms with Crippen LogP contribution in [0.4, 0.5) is 5.69 Å². The minimum atomic E-state index is -0.0424. The fraction of sp³-hybridized carbons (Fsp3) is 0.529. The quantitative estimate of drug-likeness (QED) is 0.924. The molecule has 22 heavy (non-hydrogen) atoms. The molecular formula is C17H22N2O3. The summed E-state index contributed by atoms with van der Waals surface area (Å²) in [6.45, 7) is 0.729. The summed E-state index contributed by atoms with van der Waals surface area (Å²) in [7, 11) is 1.76. The standard InChI is InChI=1S/C17H22N2O3/c1-19-14-10-12(6-7-15(14)22-11-16(19)20)8-9-18-17(21)13-4-2-3-5-13/h6-7,10,13H,2-5,8-9,11H2,1H3,(H,18,21). The molecule has 0 spiro atoms. The summed E-state index contributed by atoms with van der Waals surface area (Å²) in [6.07, 6.45) is 5.14. The van der Waals surface area contributed by atoms with Crippen LogP contribution in [0.2, 0.25) is 0 Å². The molecule has 2 amide bonds. The number of hydrogen-bond acceptors (Lipinski definition) is 3. The van der Waals surface area contributed by atoms with Gasteiger partial charge in [-0.15, -0.1) is 0 Å². The summed E-state index contributed by atoms with van der Waals surface area (Å²) >= 11 is 0. The van der Waals surface area contributed by atoms with Crippen molar-refractivity contribution in [3.8, 4) is 5.75 Å². The first-order chi connectivity index (χ1) is 10.6. The van der Waals surface area contributed by atoms with Crippen LogP contribution < -0.4 is 15.0 Å². The van der Waals surface area contributed by atoms with Crippen LogP contribution in [-0.2, 0) is 16.0 Å². The summed E-state index contributed by atoms with van der Waals surface area (Å²) in [4.78, 5) is 25.3. The van der Waals surface area contributed by atoms with Gasteiger partial charge < -0.3 is 15.0 Å². The lowest BCUT2D eigenvalue weighted by atomic mass is 10.1. The second-order valence-electron chi connectivity index (χ2n) is 6.07. The van der Waals surface area contributed by atoms with E-state index in [2.05, 4.69) is 5.32 Å². The first kappa shape index (κ1) is 14.9. The van der Waals surface area contributed by atoms with Crippen molar-refractivity contribution in [2.75, 3.05) is 25.1 Å². The molecule has 0 radical (unpaired) electrons. The molecule has 1 aromatic rings. The van der Waals surface area contributed by atoms with Crippen molar-refractivity contribution in [1.29, 1.82) is 0 Å². The van der Waals surface area contributed by atoms with Crippen LogP contribution in [0, 0.1) is 5.92 Å². The maximum atomic E-state index is 12.0. The van der Waals surface area contributed by atoms with Gasteiger partial charge in [-0.3, -0.25) is 9.59 Å². The van der Waals surface area contributed by atoms with Crippen molar-refractivity contribution in [3.63, 3.8) is 0 Å². The number of amides is 2. The van der Waals surface area contributed by atoms with Crippen molar-refractivity contribution in [1.82, 2.24) is 5.32 Å². The highest BCUT2D eigenvalue weighted by Crippen LogP contribution is 2.32. The minimum Gasteiger partial charge on any atom is -0.482 e. The molecule has 5 nitrogen and oxygen atoms in total. The lowest BCUT2D eigenvalue weighted by Gasteiger charge is -2.26. The Kier molecular flexibility index (Phi) is 4.32. The highest BCUT2D eigenvalue weighted by molar-refractivity contribution is 5.97. The van der Waals surface area contributed by atoms with E-state index in [0.29, 0.717) is 6.54 Å². The number of nitrogens with one attached hydrogen (secondary N) is 1. The molecule has 0 bridgehead atoms. The smallest absolute Gasteiger partial charge is 0.264 e. The second kappa shape index (κ2) is 6.38. The fourth-order valence-corrected chi connectivity index (χ4v) is 3.14. The minimum absolute atomic E-state index is 0.0424. The van der Waals surface area contributed by atoms with Crippen molar-refractivity contribution >= 4 is 17.5 Å². The van der Waals surface area contributed by atoms with E-state index in [9.17, 15) is 9.59 Å². The van der Waals surface area contributed by atoms with Gasteiger partial charge in [0, 0.05) is 19.5 Å². The molecule has 0 saturated heterocycles. The predicted octanol–water partition coefficient (Wildman–Crippen LogP) is 1.89. The van der Waals surface area contributed by atoms with Crippen LogP contribution in [0.25, 0.3) is 0 Å². The number of carbonyl (C=O) groups excluding carboxylic acids is 2. The average Bonchev–Trinajstić information content (AvgIpc) is 3.06. The largest absolute Gasteiger partial charge is 0.482 e. The molecule has 1 aliphatic carbocycles. The molecule has 0 atom stereocenters. The molecule has 0 aromatic heterocycles. The number of anilines is 1. The lowest BCUT2D eigenvalue weighted by molar-refractivity contribution is -0.124. The van der Waals surface area contributed by atoms with Gasteiger partial charge in [-0.2, -0.15) is 0 Å². The Morgan fingerprint density at radius 3 is 2.91 bits per heavy atom. The van der Waals surface area contributed by atoms with E-state index in [4.69, 9.17) is 4.74 Å². The van der Waals surface area contributed by atoms with Gasteiger partial charge in [0.25, 0.3) is 5.91 Å². The maximum Gasteiger partial charge on any atom is 0.264 e. The van der Waals surface area contributed by atoms with Crippen LogP contribution >= 0.6 is 0 Å². The summed E-state index contributed by atoms with van der Waals surface area (Å²) in [5.74, 6) is 1.09. The Bertz CT molecular complexity index is 579. The number of likely N-dealkylation sites (N-methyl/N-ethyl adjacent to an activating group) is 1. The van der Waals surface area contributed by atoms with E-state index < -0.39 is 0 Å². The molecule has 1 saturated carbocycles. The third kappa shape index (κ3) is 3.08. The molecule has 5 heteroatoms. The molecule has 2 aliphatic rings. The number of ether oxygens (including phenoxy) is 1. The summed E-state index contributed by atoms with van der Waals surface area (Å²) in [5, 5.41) is 3.02. The zero-order valence-electron chi connectivity index (χ0n) is 12.9. The van der Waals surface area contributed by atoms with Gasteiger partial charge in [0.05, 0.1) is 5.69 Å². The monoisotopic (exact) mass is 302 g/mol. The predicted molar refractivity (Wildman–Crippen MR) is 84.0 cm³/mol. The zero-order valence-corrected chi connectivity index (χ0v) is 12.9. The normalized spacial score (nSPS) is 18.0. The van der Waals surface area contributed by atoms with Gasteiger partial charge in [-0.25, -0.2) is 0 Å². The number of hydrogen-bond donors (Lipinski definition) is 1. The average molecular weight is 302 g/mol. The topological polar surface area (TPSA) is 58.6 Å². The van der Waals surface area contributed by atoms with E-state index in [-0.39, 0.29) is 24.3 Å². The Morgan fingerprint density at radius 1 is 1.36 bits per heavy atom. The number of rotatable bonds is 4. The van der Waals surface area contributed by atoms with Crippen LogP contribution in [0.15, 0.2) is 18.2 Å². The fourth-order valence-electron chi connectivity index (χ4n) is 3.14. The van der Waals surface area contributed by atoms with Gasteiger partial charge in [0.1, 0.15) is 5.75 Å². The van der Waals surface area contributed by atoms with Crippen LogP contribution in [-0.4, -0.2) is 32.0 Å². The number of carbonyl (C=O) groups is 2. The van der Waals surface area contributed by atoms with E-state index in [1.54, 1.807) is 11.9 Å². The SMILES string of the molecule is CN1C(=O)COc2ccc(CCNC(=O)C3CCCC3)cc21. The van der Waals surface area contributed by atoms with Gasteiger partial charge in [0.2, 0.25) is 5.91 Å². The van der Waals surface area contributed by atoms with Crippen molar-refractivity contribution in [3.05, 3.63) is 23.8 Å². The Morgan fingerprint density at radius 2 is 2.14 bits per heavy atom. The maximum absolute atomic E-state index is 12.0. The molecule has 1 N–H and O–H groups in total. The third-order valence-corrected chi connectivity index (χ3v) is 4.55. The lowest BCUT2D eigenvalue weighted by Crippen LogP contribution is -2.35. The summed E-state index contributed by atoms with van der Waals surface area (Å²) in [5.41, 5.74) is 1.89. The molecule has 1 aromatic carbocycles. The van der Waals surface area contributed by atoms with Crippen LogP contribution in [0.3, 0.4) is 0 Å². The molecule has 1 fully saturated rings. The molecule has 0 unspecified atom stereocenters. The first-order valence-electron chi connectivity index (χ1n) is 7.95. The van der Waals surface area contributed by atoms with Gasteiger partial charge in [-0.05, 0) is 37.0 Å². The van der Waals surface area contributed by atoms with E-state index >= 15 is 0 Å². The molecule has 1 aliphatic heterocycles. The highest BCUT2D eigenvalue weighted by atomic mass is 16.5. The molecule has 118 valence electrons. The highest BCUT2D eigenvalue weighted by Gasteiger charge is 2.23. The van der Waals surface area contributed by atoms with Crippen LogP contribution in [0.1, 0.15) is 31.2 Å². The summed E-state index contributed by atoms with van der Waals surface area (Å²) in [6, 6.07) is 5.85. The van der Waals surface area contributed by atoms with E-state index in [1.165, 1.54) is 12.8 Å². The summed E-state index contributed by atoms with van der Waals surface area (Å²) < 4.78 is 5.41. The van der Waals surface area contributed by atoms with E-state index in [0.717, 1.165) is 36.3 Å². The van der Waals surface area contributed by atoms with Gasteiger partial charge in [-0.1, -0.05) is 18.9 Å². The first-order valence-corrected chi connectivity index (χ1v) is 7.95. The second-order valence-corrected chi connectivity index (χ2v) is 6.07. The Balaban J connectivity index is 1.57. The molecule has 3 rings (SSSR count). The number of nitrogens with zero attached hydrogens (tertiary/aromatic N) is 1. The zero-order chi connectivity index (χ0) is 15.5. The molecular weight excluding hydrogens is 280 g/mol. The van der Waals surface area contributed by atoms with Crippen molar-refractivity contribution in [2.24, 2.45) is 5.92 Å². The van der Waals surface area contributed by atoms with E-state index in [1.807, 2.05) is 18.2 Å². The third-order valence-electron chi connectivity index (χ3n) is 4.55. The molecule has 1 heterocycles. The Hall–Kier alpha value is -2.04.